The highest BCUT2D eigenvalue weighted by molar-refractivity contribution is 7.09. The minimum atomic E-state index is 0.912. The molecule has 0 aromatic carbocycles. The van der Waals surface area contributed by atoms with Crippen molar-refractivity contribution in [1.29, 1.82) is 0 Å². The van der Waals surface area contributed by atoms with Crippen LogP contribution in [0.15, 0.2) is 11.6 Å². The average Bonchev–Trinajstić information content (AvgIpc) is 2.78. The van der Waals surface area contributed by atoms with E-state index in [1.807, 2.05) is 0 Å². The molecule has 0 saturated heterocycles. The van der Waals surface area contributed by atoms with Crippen LogP contribution in [-0.4, -0.2) is 29.0 Å². The number of nitrogens with one attached hydrogen (secondary N) is 2. The van der Waals surface area contributed by atoms with Gasteiger partial charge in [0, 0.05) is 31.0 Å². The van der Waals surface area contributed by atoms with Crippen molar-refractivity contribution in [3.05, 3.63) is 17.5 Å². The normalized spacial score (nSPS) is 15.9. The summed E-state index contributed by atoms with van der Waals surface area (Å²) < 4.78 is 4.24. The highest BCUT2D eigenvalue weighted by Gasteiger charge is 2.04. The van der Waals surface area contributed by atoms with Crippen LogP contribution < -0.4 is 10.6 Å². The van der Waals surface area contributed by atoms with Crippen LogP contribution in [0, 0.1) is 0 Å². The van der Waals surface area contributed by atoms with Crippen molar-refractivity contribution < 1.29 is 0 Å². The Morgan fingerprint density at radius 2 is 2.50 bits per heavy atom. The van der Waals surface area contributed by atoms with E-state index in [2.05, 4.69) is 33.0 Å². The Bertz CT molecular complexity index is 359. The maximum Gasteiger partial charge on any atom is 0.202 e. The SMILES string of the molecule is CCc1nsc(NCCC2=CCNCC2)n1. The Labute approximate surface area is 100 Å². The van der Waals surface area contributed by atoms with Gasteiger partial charge in [-0.15, -0.1) is 0 Å². The Balaban J connectivity index is 1.73. The quantitative estimate of drug-likeness (QED) is 0.768. The first-order valence-electron chi connectivity index (χ1n) is 5.83. The first-order valence-corrected chi connectivity index (χ1v) is 6.61. The largest absolute Gasteiger partial charge is 0.360 e. The van der Waals surface area contributed by atoms with E-state index in [1.165, 1.54) is 18.0 Å². The molecule has 0 radical (unpaired) electrons. The van der Waals surface area contributed by atoms with Crippen molar-refractivity contribution in [2.75, 3.05) is 25.0 Å². The molecule has 5 heteroatoms. The van der Waals surface area contributed by atoms with Crippen LogP contribution in [-0.2, 0) is 6.42 Å². The van der Waals surface area contributed by atoms with Crippen molar-refractivity contribution in [1.82, 2.24) is 14.7 Å². The molecular formula is C11H18N4S. The molecule has 16 heavy (non-hydrogen) atoms. The second kappa shape index (κ2) is 5.96. The monoisotopic (exact) mass is 238 g/mol. The molecule has 0 amide bonds. The summed E-state index contributed by atoms with van der Waals surface area (Å²) in [7, 11) is 0. The summed E-state index contributed by atoms with van der Waals surface area (Å²) in [5, 5.41) is 7.60. The molecule has 1 aromatic rings. The van der Waals surface area contributed by atoms with Gasteiger partial charge in [-0.25, -0.2) is 4.98 Å². The molecule has 0 atom stereocenters. The predicted octanol–water partition coefficient (Wildman–Crippen LogP) is 1.82. The Morgan fingerprint density at radius 1 is 1.56 bits per heavy atom. The van der Waals surface area contributed by atoms with Crippen LogP contribution in [0.4, 0.5) is 5.13 Å². The lowest BCUT2D eigenvalue weighted by atomic mass is 10.1. The Kier molecular flexibility index (Phi) is 4.30. The van der Waals surface area contributed by atoms with Crippen LogP contribution in [0.1, 0.15) is 25.6 Å². The molecular weight excluding hydrogens is 220 g/mol. The minimum absolute atomic E-state index is 0.912. The summed E-state index contributed by atoms with van der Waals surface area (Å²) in [6.07, 6.45) is 5.50. The van der Waals surface area contributed by atoms with Gasteiger partial charge in [0.1, 0.15) is 5.82 Å². The maximum atomic E-state index is 4.38. The van der Waals surface area contributed by atoms with Crippen LogP contribution in [0.25, 0.3) is 0 Å². The lowest BCUT2D eigenvalue weighted by Crippen LogP contribution is -2.21. The van der Waals surface area contributed by atoms with Crippen molar-refractivity contribution in [2.24, 2.45) is 0 Å². The molecule has 2 N–H and O–H groups in total. The Morgan fingerprint density at radius 3 is 3.19 bits per heavy atom. The molecule has 0 bridgehead atoms. The number of rotatable bonds is 5. The third-order valence-electron chi connectivity index (χ3n) is 2.66. The van der Waals surface area contributed by atoms with Gasteiger partial charge in [-0.2, -0.15) is 4.37 Å². The molecule has 0 fully saturated rings. The van der Waals surface area contributed by atoms with Gasteiger partial charge in [0.05, 0.1) is 0 Å². The zero-order chi connectivity index (χ0) is 11.2. The Hall–Kier alpha value is -0.940. The third-order valence-corrected chi connectivity index (χ3v) is 3.38. The molecule has 0 spiro atoms. The van der Waals surface area contributed by atoms with E-state index in [0.717, 1.165) is 43.4 Å². The van der Waals surface area contributed by atoms with E-state index >= 15 is 0 Å². The molecule has 1 aromatic heterocycles. The fourth-order valence-corrected chi connectivity index (χ4v) is 2.37. The number of hydrogen-bond donors (Lipinski definition) is 2. The molecule has 1 aliphatic rings. The summed E-state index contributed by atoms with van der Waals surface area (Å²) >= 11 is 1.46. The van der Waals surface area contributed by atoms with Crippen LogP contribution in [0.2, 0.25) is 0 Å². The summed E-state index contributed by atoms with van der Waals surface area (Å²) in [5.74, 6) is 0.939. The fourth-order valence-electron chi connectivity index (χ4n) is 1.70. The first kappa shape index (κ1) is 11.5. The van der Waals surface area contributed by atoms with E-state index in [4.69, 9.17) is 0 Å². The van der Waals surface area contributed by atoms with E-state index in [9.17, 15) is 0 Å². The van der Waals surface area contributed by atoms with Gasteiger partial charge in [0.25, 0.3) is 0 Å². The average molecular weight is 238 g/mol. The molecule has 0 saturated carbocycles. The van der Waals surface area contributed by atoms with Crippen molar-refractivity contribution >= 4 is 16.7 Å². The number of anilines is 1. The van der Waals surface area contributed by atoms with E-state index in [1.54, 1.807) is 5.57 Å². The molecule has 2 heterocycles. The topological polar surface area (TPSA) is 49.8 Å². The van der Waals surface area contributed by atoms with Crippen molar-refractivity contribution in [3.63, 3.8) is 0 Å². The number of aryl methyl sites for hydroxylation is 1. The van der Waals surface area contributed by atoms with Crippen molar-refractivity contribution in [2.45, 2.75) is 26.2 Å². The van der Waals surface area contributed by atoms with Gasteiger partial charge in [0.15, 0.2) is 0 Å². The second-order valence-electron chi connectivity index (χ2n) is 3.86. The predicted molar refractivity (Wildman–Crippen MR) is 68.0 cm³/mol. The molecule has 0 aliphatic carbocycles. The van der Waals surface area contributed by atoms with Gasteiger partial charge >= 0.3 is 0 Å². The maximum absolute atomic E-state index is 4.38. The van der Waals surface area contributed by atoms with Gasteiger partial charge in [0.2, 0.25) is 5.13 Å². The summed E-state index contributed by atoms with van der Waals surface area (Å²) in [5.41, 5.74) is 1.55. The van der Waals surface area contributed by atoms with Gasteiger partial charge in [-0.1, -0.05) is 18.6 Å². The summed E-state index contributed by atoms with van der Waals surface area (Å²) in [6, 6.07) is 0. The molecule has 0 unspecified atom stereocenters. The summed E-state index contributed by atoms with van der Waals surface area (Å²) in [4.78, 5) is 4.38. The third kappa shape index (κ3) is 3.28. The fraction of sp³-hybridized carbons (Fsp3) is 0.636. The molecule has 1 aliphatic heterocycles. The number of hydrogen-bond acceptors (Lipinski definition) is 5. The van der Waals surface area contributed by atoms with Gasteiger partial charge in [-0.3, -0.25) is 0 Å². The zero-order valence-corrected chi connectivity index (χ0v) is 10.4. The zero-order valence-electron chi connectivity index (χ0n) is 9.62. The standard InChI is InChI=1S/C11H18N4S/c1-2-10-14-11(16-15-10)13-8-5-9-3-6-12-7-4-9/h3,12H,2,4-8H2,1H3,(H,13,14,15). The minimum Gasteiger partial charge on any atom is -0.360 e. The number of nitrogens with zero attached hydrogens (tertiary/aromatic N) is 2. The van der Waals surface area contributed by atoms with Crippen molar-refractivity contribution in [3.8, 4) is 0 Å². The lowest BCUT2D eigenvalue weighted by molar-refractivity contribution is 0.683. The van der Waals surface area contributed by atoms with E-state index in [0.29, 0.717) is 0 Å². The molecule has 88 valence electrons. The molecule has 2 rings (SSSR count). The van der Waals surface area contributed by atoms with Crippen LogP contribution >= 0.6 is 11.5 Å². The smallest absolute Gasteiger partial charge is 0.202 e. The van der Waals surface area contributed by atoms with E-state index in [-0.39, 0.29) is 0 Å². The number of aromatic nitrogens is 2. The highest BCUT2D eigenvalue weighted by Crippen LogP contribution is 2.13. The van der Waals surface area contributed by atoms with Gasteiger partial charge < -0.3 is 10.6 Å². The van der Waals surface area contributed by atoms with Gasteiger partial charge in [-0.05, 0) is 19.4 Å². The lowest BCUT2D eigenvalue weighted by Gasteiger charge is -2.13. The van der Waals surface area contributed by atoms with Crippen LogP contribution in [0.5, 0.6) is 0 Å². The highest BCUT2D eigenvalue weighted by atomic mass is 32.1. The summed E-state index contributed by atoms with van der Waals surface area (Å²) in [6.45, 7) is 5.18. The molecule has 4 nitrogen and oxygen atoms in total. The van der Waals surface area contributed by atoms with Crippen LogP contribution in [0.3, 0.4) is 0 Å². The van der Waals surface area contributed by atoms with E-state index < -0.39 is 0 Å². The first-order chi connectivity index (χ1) is 7.88. The second-order valence-corrected chi connectivity index (χ2v) is 4.61.